The third-order valence-electron chi connectivity index (χ3n) is 3.09. The predicted molar refractivity (Wildman–Crippen MR) is 65.7 cm³/mol. The molecule has 0 aliphatic rings. The number of alkyl halides is 3. The molecule has 0 saturated heterocycles. The van der Waals surface area contributed by atoms with E-state index in [1.54, 1.807) is 0 Å². The highest BCUT2D eigenvalue weighted by molar-refractivity contribution is 5.94. The van der Waals surface area contributed by atoms with Crippen LogP contribution in [0.15, 0.2) is 6.07 Å². The number of nitrogens with one attached hydrogen (secondary N) is 1. The first-order valence-corrected chi connectivity index (χ1v) is 5.72. The molecule has 0 amide bonds. The van der Waals surface area contributed by atoms with Gasteiger partial charge in [0.15, 0.2) is 0 Å². The van der Waals surface area contributed by atoms with Crippen molar-refractivity contribution in [3.05, 3.63) is 34.5 Å². The summed E-state index contributed by atoms with van der Waals surface area (Å²) in [6.45, 7) is 2.51. The molecule has 7 heteroatoms. The maximum Gasteiger partial charge on any atom is 0.433 e. The van der Waals surface area contributed by atoms with Crippen LogP contribution in [0.25, 0.3) is 10.9 Å². The molecule has 2 nitrogen and oxygen atoms in total. The van der Waals surface area contributed by atoms with Crippen molar-refractivity contribution in [2.45, 2.75) is 20.0 Å². The Morgan fingerprint density at radius 1 is 1.15 bits per heavy atom. The maximum absolute atomic E-state index is 14.1. The molecule has 0 fully saturated rings. The fraction of sp³-hybridized carbons (Fsp3) is 0.308. The first-order valence-electron chi connectivity index (χ1n) is 5.72. The van der Waals surface area contributed by atoms with Gasteiger partial charge in [-0.1, -0.05) is 0 Å². The minimum atomic E-state index is -4.74. The van der Waals surface area contributed by atoms with Crippen molar-refractivity contribution in [3.8, 4) is 0 Å². The lowest BCUT2D eigenvalue weighted by Crippen LogP contribution is -2.13. The van der Waals surface area contributed by atoms with Gasteiger partial charge in [0.1, 0.15) is 22.8 Å². The minimum Gasteiger partial charge on any atom is -0.387 e. The number of fused-ring (bicyclic) bond motifs is 1. The second-order valence-corrected chi connectivity index (χ2v) is 4.42. The second kappa shape index (κ2) is 4.57. The SMILES string of the molecule is CNc1c(C)c(C(F)(F)F)nc2c(F)cc(C)c(F)c12. The summed E-state index contributed by atoms with van der Waals surface area (Å²) in [5.74, 6) is -1.77. The molecular weight excluding hydrogens is 279 g/mol. The Balaban J connectivity index is 3.04. The Kier molecular flexibility index (Phi) is 3.31. The van der Waals surface area contributed by atoms with Gasteiger partial charge in [-0.2, -0.15) is 13.2 Å². The molecule has 0 radical (unpaired) electrons. The Bertz CT molecular complexity index is 692. The van der Waals surface area contributed by atoms with Crippen LogP contribution in [0.5, 0.6) is 0 Å². The third kappa shape index (κ3) is 2.07. The van der Waals surface area contributed by atoms with Gasteiger partial charge in [-0.15, -0.1) is 0 Å². The average Bonchev–Trinajstić information content (AvgIpc) is 2.33. The minimum absolute atomic E-state index is 0.00691. The van der Waals surface area contributed by atoms with E-state index in [0.717, 1.165) is 6.07 Å². The van der Waals surface area contributed by atoms with E-state index in [1.807, 2.05) is 0 Å². The zero-order valence-corrected chi connectivity index (χ0v) is 10.9. The summed E-state index contributed by atoms with van der Waals surface area (Å²) in [6.07, 6.45) is -4.74. The molecule has 0 saturated carbocycles. The molecule has 0 aliphatic heterocycles. The van der Waals surface area contributed by atoms with Crippen LogP contribution in [0.1, 0.15) is 16.8 Å². The lowest BCUT2D eigenvalue weighted by atomic mass is 10.0. The summed E-state index contributed by atoms with van der Waals surface area (Å²) in [6, 6.07) is 0.833. The van der Waals surface area contributed by atoms with Crippen molar-refractivity contribution in [3.63, 3.8) is 0 Å². The largest absolute Gasteiger partial charge is 0.433 e. The Morgan fingerprint density at radius 2 is 1.75 bits per heavy atom. The monoisotopic (exact) mass is 290 g/mol. The molecule has 0 atom stereocenters. The van der Waals surface area contributed by atoms with Gasteiger partial charge in [-0.05, 0) is 25.5 Å². The van der Waals surface area contributed by atoms with Crippen LogP contribution in [0, 0.1) is 25.5 Å². The van der Waals surface area contributed by atoms with Crippen LogP contribution >= 0.6 is 0 Å². The number of pyridine rings is 1. The van der Waals surface area contributed by atoms with Crippen LogP contribution < -0.4 is 5.32 Å². The molecule has 0 aliphatic carbocycles. The van der Waals surface area contributed by atoms with Gasteiger partial charge in [0.2, 0.25) is 0 Å². The van der Waals surface area contributed by atoms with Gasteiger partial charge in [-0.3, -0.25) is 0 Å². The Hall–Kier alpha value is -1.92. The molecule has 0 unspecified atom stereocenters. The van der Waals surface area contributed by atoms with Gasteiger partial charge in [0.05, 0.1) is 11.1 Å². The van der Waals surface area contributed by atoms with Gasteiger partial charge >= 0.3 is 6.18 Å². The van der Waals surface area contributed by atoms with Crippen LogP contribution in [-0.4, -0.2) is 12.0 Å². The van der Waals surface area contributed by atoms with E-state index in [9.17, 15) is 22.0 Å². The van der Waals surface area contributed by atoms with E-state index in [-0.39, 0.29) is 22.2 Å². The first kappa shape index (κ1) is 14.5. The molecule has 20 heavy (non-hydrogen) atoms. The fourth-order valence-electron chi connectivity index (χ4n) is 2.17. The van der Waals surface area contributed by atoms with Gasteiger partial charge in [-0.25, -0.2) is 13.8 Å². The van der Waals surface area contributed by atoms with Crippen LogP contribution in [0.4, 0.5) is 27.6 Å². The topological polar surface area (TPSA) is 24.9 Å². The molecule has 0 spiro atoms. The summed E-state index contributed by atoms with van der Waals surface area (Å²) in [5, 5.41) is 2.23. The number of benzene rings is 1. The molecule has 1 aromatic carbocycles. The summed E-state index contributed by atoms with van der Waals surface area (Å²) >= 11 is 0. The standard InChI is InChI=1S/C13H11F5N2/c1-5-4-7(14)11-8(9(5)15)10(19-3)6(2)12(20-11)13(16,17)18/h4H,1-3H3,(H,19,20). The molecule has 1 N–H and O–H groups in total. The molecule has 0 bridgehead atoms. The van der Waals surface area contributed by atoms with Gasteiger partial charge in [0.25, 0.3) is 0 Å². The van der Waals surface area contributed by atoms with Gasteiger partial charge < -0.3 is 5.32 Å². The first-order chi connectivity index (χ1) is 9.18. The van der Waals surface area contributed by atoms with Crippen molar-refractivity contribution in [2.24, 2.45) is 0 Å². The van der Waals surface area contributed by atoms with E-state index in [1.165, 1.54) is 20.9 Å². The molecule has 1 heterocycles. The summed E-state index contributed by atoms with van der Waals surface area (Å²) < 4.78 is 66.6. The number of aryl methyl sites for hydroxylation is 1. The molecule has 108 valence electrons. The Morgan fingerprint density at radius 3 is 2.25 bits per heavy atom. The van der Waals surface area contributed by atoms with Crippen molar-refractivity contribution >= 4 is 16.6 Å². The highest BCUT2D eigenvalue weighted by Crippen LogP contribution is 2.38. The van der Waals surface area contributed by atoms with Crippen LogP contribution in [0.2, 0.25) is 0 Å². The average molecular weight is 290 g/mol. The molecular formula is C13H11F5N2. The maximum atomic E-state index is 14.1. The predicted octanol–water partition coefficient (Wildman–Crippen LogP) is 4.19. The molecule has 2 aromatic rings. The number of halogens is 5. The van der Waals surface area contributed by atoms with Crippen molar-refractivity contribution in [1.29, 1.82) is 0 Å². The van der Waals surface area contributed by atoms with Gasteiger partial charge in [0, 0.05) is 12.6 Å². The van der Waals surface area contributed by atoms with Crippen LogP contribution in [-0.2, 0) is 6.18 Å². The van der Waals surface area contributed by atoms with E-state index in [4.69, 9.17) is 0 Å². The van der Waals surface area contributed by atoms with Crippen molar-refractivity contribution in [1.82, 2.24) is 4.98 Å². The van der Waals surface area contributed by atoms with E-state index < -0.39 is 29.0 Å². The number of rotatable bonds is 1. The van der Waals surface area contributed by atoms with Crippen molar-refractivity contribution in [2.75, 3.05) is 12.4 Å². The highest BCUT2D eigenvalue weighted by Gasteiger charge is 2.36. The molecule has 1 aromatic heterocycles. The highest BCUT2D eigenvalue weighted by atomic mass is 19.4. The van der Waals surface area contributed by atoms with Crippen molar-refractivity contribution < 1.29 is 22.0 Å². The Labute approximate surface area is 111 Å². The number of anilines is 1. The lowest BCUT2D eigenvalue weighted by molar-refractivity contribution is -0.141. The summed E-state index contributed by atoms with van der Waals surface area (Å²) in [5.41, 5.74) is -2.22. The second-order valence-electron chi connectivity index (χ2n) is 4.42. The zero-order valence-electron chi connectivity index (χ0n) is 10.9. The zero-order chi connectivity index (χ0) is 15.2. The van der Waals surface area contributed by atoms with E-state index in [2.05, 4.69) is 10.3 Å². The van der Waals surface area contributed by atoms with Crippen LogP contribution in [0.3, 0.4) is 0 Å². The third-order valence-corrected chi connectivity index (χ3v) is 3.09. The lowest BCUT2D eigenvalue weighted by Gasteiger charge is -2.17. The summed E-state index contributed by atoms with van der Waals surface area (Å²) in [4.78, 5) is 3.28. The number of nitrogens with zero attached hydrogens (tertiary/aromatic N) is 1. The number of hydrogen-bond donors (Lipinski definition) is 1. The summed E-state index contributed by atoms with van der Waals surface area (Å²) in [7, 11) is 1.35. The fourth-order valence-corrected chi connectivity index (χ4v) is 2.17. The molecule has 2 rings (SSSR count). The number of hydrogen-bond acceptors (Lipinski definition) is 2. The van der Waals surface area contributed by atoms with E-state index >= 15 is 0 Å². The normalized spacial score (nSPS) is 12.0. The number of aromatic nitrogens is 1. The quantitative estimate of drug-likeness (QED) is 0.797. The smallest absolute Gasteiger partial charge is 0.387 e. The van der Waals surface area contributed by atoms with E-state index in [0.29, 0.717) is 0 Å².